The van der Waals surface area contributed by atoms with Crippen LogP contribution >= 0.6 is 0 Å². The molecule has 1 aromatic heterocycles. The number of rotatable bonds is 4. The molecule has 1 aliphatic rings. The minimum Gasteiger partial charge on any atom is -0.370 e. The molecule has 5 nitrogen and oxygen atoms in total. The first-order valence-corrected chi connectivity index (χ1v) is 8.24. The number of guanidine groups is 1. The van der Waals surface area contributed by atoms with Gasteiger partial charge >= 0.3 is 0 Å². The van der Waals surface area contributed by atoms with E-state index in [4.69, 9.17) is 10.3 Å². The molecule has 0 radical (unpaired) electrons. The molecule has 3 N–H and O–H groups in total. The van der Waals surface area contributed by atoms with Crippen LogP contribution in [0.25, 0.3) is 0 Å². The van der Waals surface area contributed by atoms with E-state index >= 15 is 0 Å². The maximum atomic E-state index is 6.05. The number of aliphatic imine (C=N–C) groups is 1. The third-order valence-corrected chi connectivity index (χ3v) is 4.48. The fourth-order valence-corrected chi connectivity index (χ4v) is 3.22. The maximum absolute atomic E-state index is 6.05. The summed E-state index contributed by atoms with van der Waals surface area (Å²) in [4.78, 5) is 4.44. The Hall–Kier alpha value is -2.30. The van der Waals surface area contributed by atoms with E-state index in [1.54, 1.807) is 0 Å². The van der Waals surface area contributed by atoms with E-state index < -0.39 is 0 Å². The molecule has 0 unspecified atom stereocenters. The van der Waals surface area contributed by atoms with Crippen LogP contribution in [0, 0.1) is 13.8 Å². The minimum absolute atomic E-state index is 0.468. The lowest BCUT2D eigenvalue weighted by Gasteiger charge is -2.19. The second-order valence-electron chi connectivity index (χ2n) is 6.10. The average molecular weight is 312 g/mol. The Morgan fingerprint density at radius 2 is 2.13 bits per heavy atom. The molecule has 0 saturated carbocycles. The summed E-state index contributed by atoms with van der Waals surface area (Å²) in [5, 5.41) is 7.23. The Labute approximate surface area is 137 Å². The molecule has 0 bridgehead atoms. The van der Waals surface area contributed by atoms with Crippen molar-refractivity contribution in [2.45, 2.75) is 46.0 Å². The van der Waals surface area contributed by atoms with Gasteiger partial charge in [0.2, 0.25) is 0 Å². The second-order valence-corrected chi connectivity index (χ2v) is 6.10. The van der Waals surface area contributed by atoms with Gasteiger partial charge in [-0.05, 0) is 63.1 Å². The first kappa shape index (κ1) is 15.6. The highest BCUT2D eigenvalue weighted by molar-refractivity contribution is 5.93. The summed E-state index contributed by atoms with van der Waals surface area (Å²) >= 11 is 0. The predicted molar refractivity (Wildman–Crippen MR) is 92.9 cm³/mol. The molecular formula is C18H24N4O. The van der Waals surface area contributed by atoms with Gasteiger partial charge in [0.05, 0.1) is 5.69 Å². The Morgan fingerprint density at radius 1 is 1.30 bits per heavy atom. The molecule has 3 rings (SSSR count). The quantitative estimate of drug-likeness (QED) is 0.671. The average Bonchev–Trinajstić information content (AvgIpc) is 2.87. The second kappa shape index (κ2) is 6.86. The summed E-state index contributed by atoms with van der Waals surface area (Å²) in [7, 11) is 0. The summed E-state index contributed by atoms with van der Waals surface area (Å²) in [6.07, 6.45) is 5.58. The lowest BCUT2D eigenvalue weighted by molar-refractivity contribution is 0.392. The first-order chi connectivity index (χ1) is 11.1. The Kier molecular flexibility index (Phi) is 4.65. The third kappa shape index (κ3) is 3.55. The Morgan fingerprint density at radius 3 is 2.91 bits per heavy atom. The van der Waals surface area contributed by atoms with Crippen molar-refractivity contribution in [1.82, 2.24) is 5.16 Å². The monoisotopic (exact) mass is 312 g/mol. The lowest BCUT2D eigenvalue weighted by atomic mass is 9.90. The zero-order chi connectivity index (χ0) is 16.2. The number of nitrogens with two attached hydrogens (primary N) is 1. The van der Waals surface area contributed by atoms with Crippen molar-refractivity contribution in [2.24, 2.45) is 10.7 Å². The van der Waals surface area contributed by atoms with Crippen LogP contribution in [0.15, 0.2) is 27.7 Å². The molecule has 0 saturated heterocycles. The molecule has 0 fully saturated rings. The van der Waals surface area contributed by atoms with Crippen molar-refractivity contribution in [1.29, 1.82) is 0 Å². The van der Waals surface area contributed by atoms with Gasteiger partial charge in [0.25, 0.3) is 0 Å². The summed E-state index contributed by atoms with van der Waals surface area (Å²) in [5.74, 6) is 1.33. The molecule has 0 atom stereocenters. The van der Waals surface area contributed by atoms with E-state index in [1.807, 2.05) is 13.8 Å². The van der Waals surface area contributed by atoms with Crippen LogP contribution in [0.1, 0.15) is 41.0 Å². The predicted octanol–water partition coefficient (Wildman–Crippen LogP) is 3.14. The normalized spacial score (nSPS) is 14.6. The van der Waals surface area contributed by atoms with Gasteiger partial charge in [-0.1, -0.05) is 17.3 Å². The standard InChI is InChI=1S/C18H24N4O/c1-12-15(13(2)23-22-12)10-11-20-18(19)21-17-9-5-7-14-6-3-4-8-16(14)17/h5,7,9H,3-4,6,8,10-11H2,1-2H3,(H3,19,20,21). The van der Waals surface area contributed by atoms with Crippen molar-refractivity contribution in [3.63, 3.8) is 0 Å². The fourth-order valence-electron chi connectivity index (χ4n) is 3.22. The van der Waals surface area contributed by atoms with Gasteiger partial charge in [0, 0.05) is 17.8 Å². The van der Waals surface area contributed by atoms with Gasteiger partial charge < -0.3 is 15.6 Å². The van der Waals surface area contributed by atoms with E-state index in [9.17, 15) is 0 Å². The van der Waals surface area contributed by atoms with E-state index in [2.05, 4.69) is 33.7 Å². The van der Waals surface area contributed by atoms with Gasteiger partial charge in [-0.3, -0.25) is 4.99 Å². The number of fused-ring (bicyclic) bond motifs is 1. The molecule has 23 heavy (non-hydrogen) atoms. The minimum atomic E-state index is 0.468. The number of aryl methyl sites for hydroxylation is 3. The summed E-state index contributed by atoms with van der Waals surface area (Å²) in [6.45, 7) is 4.50. The van der Waals surface area contributed by atoms with Gasteiger partial charge in [0.1, 0.15) is 5.76 Å². The van der Waals surface area contributed by atoms with E-state index in [0.29, 0.717) is 12.5 Å². The van der Waals surface area contributed by atoms with Crippen LogP contribution in [0.2, 0.25) is 0 Å². The molecule has 0 aliphatic heterocycles. The van der Waals surface area contributed by atoms with E-state index in [0.717, 1.165) is 42.0 Å². The largest absolute Gasteiger partial charge is 0.370 e. The van der Waals surface area contributed by atoms with Crippen LogP contribution < -0.4 is 11.1 Å². The van der Waals surface area contributed by atoms with Crippen molar-refractivity contribution >= 4 is 11.6 Å². The van der Waals surface area contributed by atoms with Crippen LogP contribution in [0.5, 0.6) is 0 Å². The highest BCUT2D eigenvalue weighted by Crippen LogP contribution is 2.27. The zero-order valence-electron chi connectivity index (χ0n) is 13.9. The fraction of sp³-hybridized carbons (Fsp3) is 0.444. The highest BCUT2D eigenvalue weighted by atomic mass is 16.5. The summed E-state index contributed by atoms with van der Waals surface area (Å²) in [5.41, 5.74) is 12.0. The zero-order valence-corrected chi connectivity index (χ0v) is 13.9. The number of nitrogens with zero attached hydrogens (tertiary/aromatic N) is 2. The van der Waals surface area contributed by atoms with Crippen LogP contribution in [-0.4, -0.2) is 17.7 Å². The van der Waals surface area contributed by atoms with Crippen LogP contribution in [-0.2, 0) is 19.3 Å². The Balaban J connectivity index is 1.64. The van der Waals surface area contributed by atoms with E-state index in [-0.39, 0.29) is 0 Å². The van der Waals surface area contributed by atoms with Crippen molar-refractivity contribution in [3.8, 4) is 0 Å². The number of nitrogens with one attached hydrogen (secondary N) is 1. The first-order valence-electron chi connectivity index (χ1n) is 8.24. The molecule has 2 aromatic rings. The van der Waals surface area contributed by atoms with Gasteiger partial charge in [-0.15, -0.1) is 0 Å². The number of aromatic nitrogens is 1. The van der Waals surface area contributed by atoms with Crippen molar-refractivity contribution in [3.05, 3.63) is 46.3 Å². The molecular weight excluding hydrogens is 288 g/mol. The summed E-state index contributed by atoms with van der Waals surface area (Å²) in [6, 6.07) is 6.38. The lowest BCUT2D eigenvalue weighted by Crippen LogP contribution is -2.24. The number of anilines is 1. The molecule has 5 heteroatoms. The third-order valence-electron chi connectivity index (χ3n) is 4.48. The van der Waals surface area contributed by atoms with Gasteiger partial charge in [-0.2, -0.15) is 0 Å². The van der Waals surface area contributed by atoms with Crippen LogP contribution in [0.4, 0.5) is 5.69 Å². The Bertz CT molecular complexity index is 698. The number of benzene rings is 1. The number of hydrogen-bond acceptors (Lipinski definition) is 3. The molecule has 1 aliphatic carbocycles. The molecule has 122 valence electrons. The highest BCUT2D eigenvalue weighted by Gasteiger charge is 2.13. The molecule has 1 aromatic carbocycles. The molecule has 1 heterocycles. The number of hydrogen-bond donors (Lipinski definition) is 2. The SMILES string of the molecule is Cc1noc(C)c1CCN=C(N)Nc1cccc2c1CCCC2. The van der Waals surface area contributed by atoms with Crippen LogP contribution in [0.3, 0.4) is 0 Å². The molecule has 0 spiro atoms. The van der Waals surface area contributed by atoms with Crippen molar-refractivity contribution < 1.29 is 4.52 Å². The smallest absolute Gasteiger partial charge is 0.193 e. The van der Waals surface area contributed by atoms with E-state index in [1.165, 1.54) is 24.0 Å². The topological polar surface area (TPSA) is 76.4 Å². The van der Waals surface area contributed by atoms with Gasteiger partial charge in [0.15, 0.2) is 5.96 Å². The van der Waals surface area contributed by atoms with Crippen molar-refractivity contribution in [2.75, 3.05) is 11.9 Å². The molecule has 0 amide bonds. The maximum Gasteiger partial charge on any atom is 0.193 e. The summed E-state index contributed by atoms with van der Waals surface area (Å²) < 4.78 is 5.17. The van der Waals surface area contributed by atoms with Gasteiger partial charge in [-0.25, -0.2) is 0 Å².